The summed E-state index contributed by atoms with van der Waals surface area (Å²) >= 11 is 0. The van der Waals surface area contributed by atoms with E-state index in [0.29, 0.717) is 19.6 Å². The van der Waals surface area contributed by atoms with E-state index in [0.717, 1.165) is 12.1 Å². The van der Waals surface area contributed by atoms with Crippen molar-refractivity contribution >= 4 is 15.9 Å². The minimum Gasteiger partial charge on any atom is -0.382 e. The Morgan fingerprint density at radius 2 is 2.05 bits per heavy atom. The van der Waals surface area contributed by atoms with Crippen LogP contribution in [0.3, 0.4) is 0 Å². The molecular formula is C12H16FNO4S. The van der Waals surface area contributed by atoms with Crippen molar-refractivity contribution in [3.8, 4) is 0 Å². The molecule has 1 aromatic carbocycles. The second-order valence-electron chi connectivity index (χ2n) is 3.76. The first kappa shape index (κ1) is 15.6. The summed E-state index contributed by atoms with van der Waals surface area (Å²) in [6.45, 7) is 2.74. The summed E-state index contributed by atoms with van der Waals surface area (Å²) in [6, 6.07) is 4.88. The molecule has 0 aliphatic heterocycles. The van der Waals surface area contributed by atoms with E-state index in [2.05, 4.69) is 0 Å². The van der Waals surface area contributed by atoms with E-state index < -0.39 is 26.6 Å². The summed E-state index contributed by atoms with van der Waals surface area (Å²) < 4.78 is 43.7. The van der Waals surface area contributed by atoms with Crippen molar-refractivity contribution in [3.05, 3.63) is 30.1 Å². The largest absolute Gasteiger partial charge is 0.382 e. The molecule has 0 atom stereocenters. The third-order valence-electron chi connectivity index (χ3n) is 2.27. The molecule has 0 radical (unpaired) electrons. The number of rotatable bonds is 7. The normalized spacial score (nSPS) is 11.3. The van der Waals surface area contributed by atoms with E-state index in [9.17, 15) is 17.6 Å². The molecule has 0 heterocycles. The molecule has 1 rings (SSSR count). The zero-order valence-corrected chi connectivity index (χ0v) is 11.4. The van der Waals surface area contributed by atoms with Crippen LogP contribution >= 0.6 is 0 Å². The number of hydrogen-bond donors (Lipinski definition) is 1. The minimum atomic E-state index is -4.15. The summed E-state index contributed by atoms with van der Waals surface area (Å²) in [7, 11) is -4.15. The number of carbonyl (C=O) groups is 1. The highest BCUT2D eigenvalue weighted by Gasteiger charge is 2.20. The minimum absolute atomic E-state index is 0.00762. The Morgan fingerprint density at radius 3 is 2.68 bits per heavy atom. The predicted molar refractivity (Wildman–Crippen MR) is 67.5 cm³/mol. The Balaban J connectivity index is 2.60. The van der Waals surface area contributed by atoms with Crippen LogP contribution in [0, 0.1) is 5.82 Å². The molecule has 106 valence electrons. The fourth-order valence-electron chi connectivity index (χ4n) is 1.40. The number of nitrogens with one attached hydrogen (secondary N) is 1. The van der Waals surface area contributed by atoms with Crippen molar-refractivity contribution in [2.75, 3.05) is 13.2 Å². The maximum absolute atomic E-state index is 13.3. The number of carbonyl (C=O) groups excluding carboxylic acids is 1. The lowest BCUT2D eigenvalue weighted by molar-refractivity contribution is -0.119. The summed E-state index contributed by atoms with van der Waals surface area (Å²) in [5.41, 5.74) is 0. The summed E-state index contributed by atoms with van der Waals surface area (Å²) in [4.78, 5) is 10.9. The van der Waals surface area contributed by atoms with Gasteiger partial charge in [-0.2, -0.15) is 0 Å². The monoisotopic (exact) mass is 289 g/mol. The van der Waals surface area contributed by atoms with E-state index >= 15 is 0 Å². The predicted octanol–water partition coefficient (Wildman–Crippen LogP) is 1.45. The Bertz CT molecular complexity index is 530. The second-order valence-corrected chi connectivity index (χ2v) is 5.41. The van der Waals surface area contributed by atoms with Gasteiger partial charge in [0.05, 0.1) is 0 Å². The van der Waals surface area contributed by atoms with E-state index in [4.69, 9.17) is 4.74 Å². The average molecular weight is 289 g/mol. The van der Waals surface area contributed by atoms with Crippen LogP contribution in [0.2, 0.25) is 0 Å². The highest BCUT2D eigenvalue weighted by atomic mass is 32.2. The quantitative estimate of drug-likeness (QED) is 0.771. The van der Waals surface area contributed by atoms with Gasteiger partial charge in [0.25, 0.3) is 10.0 Å². The van der Waals surface area contributed by atoms with Crippen LogP contribution in [0.4, 0.5) is 4.39 Å². The Morgan fingerprint density at radius 1 is 1.37 bits per heavy atom. The molecule has 0 aromatic heterocycles. The van der Waals surface area contributed by atoms with Gasteiger partial charge in [0, 0.05) is 19.6 Å². The zero-order valence-electron chi connectivity index (χ0n) is 10.6. The van der Waals surface area contributed by atoms with Crippen molar-refractivity contribution < 1.29 is 22.3 Å². The smallest absolute Gasteiger partial charge is 0.266 e. The molecule has 0 fully saturated rings. The zero-order chi connectivity index (χ0) is 14.3. The van der Waals surface area contributed by atoms with Crippen molar-refractivity contribution in [2.45, 2.75) is 24.7 Å². The molecule has 0 saturated carbocycles. The lowest BCUT2D eigenvalue weighted by Crippen LogP contribution is -2.31. The van der Waals surface area contributed by atoms with Crippen LogP contribution in [0.15, 0.2) is 29.2 Å². The van der Waals surface area contributed by atoms with Crippen molar-refractivity contribution in [1.82, 2.24) is 4.72 Å². The molecular weight excluding hydrogens is 273 g/mol. The van der Waals surface area contributed by atoms with Crippen LogP contribution < -0.4 is 4.72 Å². The van der Waals surface area contributed by atoms with Gasteiger partial charge in [0.15, 0.2) is 0 Å². The molecule has 0 aliphatic carbocycles. The van der Waals surface area contributed by atoms with Gasteiger partial charge in [-0.3, -0.25) is 4.79 Å². The lowest BCUT2D eigenvalue weighted by atomic mass is 10.3. The van der Waals surface area contributed by atoms with Crippen LogP contribution in [0.5, 0.6) is 0 Å². The van der Waals surface area contributed by atoms with Crippen LogP contribution in [-0.4, -0.2) is 27.5 Å². The number of benzene rings is 1. The molecule has 0 aliphatic rings. The lowest BCUT2D eigenvalue weighted by Gasteiger charge is -2.07. The first-order chi connectivity index (χ1) is 8.97. The van der Waals surface area contributed by atoms with Crippen LogP contribution in [0.25, 0.3) is 0 Å². The van der Waals surface area contributed by atoms with Crippen molar-refractivity contribution in [3.63, 3.8) is 0 Å². The third kappa shape index (κ3) is 4.96. The number of amides is 1. The molecule has 1 amide bonds. The maximum atomic E-state index is 13.3. The molecule has 0 unspecified atom stereocenters. The SMILES string of the molecule is CCOCCCC(=O)NS(=O)(=O)c1ccccc1F. The molecule has 19 heavy (non-hydrogen) atoms. The van der Waals surface area contributed by atoms with Gasteiger partial charge in [-0.25, -0.2) is 17.5 Å². The number of halogens is 1. The third-order valence-corrected chi connectivity index (χ3v) is 3.68. The van der Waals surface area contributed by atoms with E-state index in [1.54, 1.807) is 0 Å². The van der Waals surface area contributed by atoms with Crippen LogP contribution in [-0.2, 0) is 19.6 Å². The molecule has 1 N–H and O–H groups in total. The van der Waals surface area contributed by atoms with E-state index in [-0.39, 0.29) is 6.42 Å². The van der Waals surface area contributed by atoms with E-state index in [1.807, 2.05) is 11.6 Å². The molecule has 1 aromatic rings. The molecule has 0 bridgehead atoms. The van der Waals surface area contributed by atoms with Gasteiger partial charge in [-0.15, -0.1) is 0 Å². The Kier molecular flexibility index (Phi) is 5.91. The highest BCUT2D eigenvalue weighted by Crippen LogP contribution is 2.13. The average Bonchev–Trinajstić information content (AvgIpc) is 2.34. The van der Waals surface area contributed by atoms with Crippen molar-refractivity contribution in [2.24, 2.45) is 0 Å². The first-order valence-electron chi connectivity index (χ1n) is 5.85. The summed E-state index contributed by atoms with van der Waals surface area (Å²) in [5, 5.41) is 0. The Hall–Kier alpha value is -1.47. The molecule has 7 heteroatoms. The van der Waals surface area contributed by atoms with E-state index in [1.165, 1.54) is 12.1 Å². The number of ether oxygens (including phenoxy) is 1. The molecule has 0 spiro atoms. The fraction of sp³-hybridized carbons (Fsp3) is 0.417. The van der Waals surface area contributed by atoms with Gasteiger partial charge < -0.3 is 4.74 Å². The number of hydrogen-bond acceptors (Lipinski definition) is 4. The maximum Gasteiger partial charge on any atom is 0.266 e. The van der Waals surface area contributed by atoms with Gasteiger partial charge in [-0.05, 0) is 25.5 Å². The molecule has 0 saturated heterocycles. The second kappa shape index (κ2) is 7.20. The molecule has 5 nitrogen and oxygen atoms in total. The van der Waals surface area contributed by atoms with Gasteiger partial charge in [-0.1, -0.05) is 12.1 Å². The van der Waals surface area contributed by atoms with Gasteiger partial charge in [0.2, 0.25) is 5.91 Å². The van der Waals surface area contributed by atoms with Crippen LogP contribution in [0.1, 0.15) is 19.8 Å². The van der Waals surface area contributed by atoms with Gasteiger partial charge >= 0.3 is 0 Å². The topological polar surface area (TPSA) is 72.5 Å². The fourth-order valence-corrected chi connectivity index (χ4v) is 2.49. The van der Waals surface area contributed by atoms with Gasteiger partial charge in [0.1, 0.15) is 10.7 Å². The standard InChI is InChI=1S/C12H16FNO4S/c1-2-18-9-5-8-12(15)14-19(16,17)11-7-4-3-6-10(11)13/h3-4,6-7H,2,5,8-9H2,1H3,(H,14,15). The summed E-state index contributed by atoms with van der Waals surface area (Å²) in [6.07, 6.45) is 0.417. The summed E-state index contributed by atoms with van der Waals surface area (Å²) in [5.74, 6) is -1.57. The first-order valence-corrected chi connectivity index (χ1v) is 7.33. The Labute approximate surface area is 111 Å². The van der Waals surface area contributed by atoms with Crippen molar-refractivity contribution in [1.29, 1.82) is 0 Å². The highest BCUT2D eigenvalue weighted by molar-refractivity contribution is 7.90. The number of sulfonamides is 1.